The van der Waals surface area contributed by atoms with Crippen LogP contribution in [-0.2, 0) is 4.79 Å². The SMILES string of the molecule is Cc1ccc(NC(=O)CN(C)[C@@H](C)C(=O)c2c[nH]c3ccccc23)cc1. The highest BCUT2D eigenvalue weighted by Gasteiger charge is 2.23. The van der Waals surface area contributed by atoms with Gasteiger partial charge in [-0.2, -0.15) is 0 Å². The van der Waals surface area contributed by atoms with Crippen LogP contribution in [0.5, 0.6) is 0 Å². The second-order valence-electron chi connectivity index (χ2n) is 6.62. The number of amides is 1. The number of nitrogens with zero attached hydrogens (tertiary/aromatic N) is 1. The number of aryl methyl sites for hydroxylation is 1. The van der Waals surface area contributed by atoms with Crippen LogP contribution in [0.15, 0.2) is 54.7 Å². The number of aromatic nitrogens is 1. The number of para-hydroxylation sites is 1. The molecule has 0 saturated carbocycles. The minimum atomic E-state index is -0.405. The predicted molar refractivity (Wildman–Crippen MR) is 105 cm³/mol. The van der Waals surface area contributed by atoms with Crippen LogP contribution in [0.2, 0.25) is 0 Å². The number of H-pyrrole nitrogens is 1. The number of rotatable bonds is 6. The van der Waals surface area contributed by atoms with Crippen molar-refractivity contribution in [1.29, 1.82) is 0 Å². The zero-order valence-corrected chi connectivity index (χ0v) is 15.2. The molecule has 2 N–H and O–H groups in total. The molecule has 1 heterocycles. The molecule has 134 valence electrons. The van der Waals surface area contributed by atoms with Crippen LogP contribution >= 0.6 is 0 Å². The number of carbonyl (C=O) groups excluding carboxylic acids is 2. The Morgan fingerprint density at radius 3 is 2.54 bits per heavy atom. The number of anilines is 1. The van der Waals surface area contributed by atoms with E-state index in [0.717, 1.165) is 22.2 Å². The standard InChI is InChI=1S/C21H23N3O2/c1-14-8-10-16(11-9-14)23-20(25)13-24(3)15(2)21(26)18-12-22-19-7-5-4-6-17(18)19/h4-12,15,22H,13H2,1-3H3,(H,23,25)/t15-/m0/s1. The van der Waals surface area contributed by atoms with Gasteiger partial charge in [-0.15, -0.1) is 0 Å². The van der Waals surface area contributed by atoms with Gasteiger partial charge in [-0.1, -0.05) is 35.9 Å². The first kappa shape index (κ1) is 17.9. The van der Waals surface area contributed by atoms with E-state index in [1.165, 1.54) is 0 Å². The normalized spacial score (nSPS) is 12.3. The summed E-state index contributed by atoms with van der Waals surface area (Å²) in [6.45, 7) is 3.96. The molecule has 0 saturated heterocycles. The van der Waals surface area contributed by atoms with Crippen molar-refractivity contribution < 1.29 is 9.59 Å². The molecule has 1 aromatic heterocycles. The fraction of sp³-hybridized carbons (Fsp3) is 0.238. The number of aromatic amines is 1. The maximum Gasteiger partial charge on any atom is 0.238 e. The molecule has 0 fully saturated rings. The molecule has 1 amide bonds. The number of ketones is 1. The van der Waals surface area contributed by atoms with E-state index in [2.05, 4.69) is 10.3 Å². The molecule has 1 atom stereocenters. The molecule has 5 heteroatoms. The maximum absolute atomic E-state index is 12.8. The summed E-state index contributed by atoms with van der Waals surface area (Å²) in [5.41, 5.74) is 3.48. The summed E-state index contributed by atoms with van der Waals surface area (Å²) in [6, 6.07) is 14.9. The van der Waals surface area contributed by atoms with Gasteiger partial charge >= 0.3 is 0 Å². The molecule has 3 rings (SSSR count). The van der Waals surface area contributed by atoms with Crippen molar-refractivity contribution in [2.45, 2.75) is 19.9 Å². The lowest BCUT2D eigenvalue weighted by atomic mass is 10.0. The van der Waals surface area contributed by atoms with Crippen LogP contribution in [0.3, 0.4) is 0 Å². The Morgan fingerprint density at radius 1 is 1.12 bits per heavy atom. The largest absolute Gasteiger partial charge is 0.360 e. The van der Waals surface area contributed by atoms with E-state index in [1.807, 2.05) is 62.4 Å². The van der Waals surface area contributed by atoms with Crippen LogP contribution in [0.4, 0.5) is 5.69 Å². The van der Waals surface area contributed by atoms with Gasteiger partial charge in [0.05, 0.1) is 12.6 Å². The number of fused-ring (bicyclic) bond motifs is 1. The number of carbonyl (C=O) groups is 2. The molecule has 0 aliphatic carbocycles. The van der Waals surface area contributed by atoms with Crippen molar-refractivity contribution >= 4 is 28.3 Å². The average Bonchev–Trinajstić information content (AvgIpc) is 3.06. The summed E-state index contributed by atoms with van der Waals surface area (Å²) in [7, 11) is 1.78. The van der Waals surface area contributed by atoms with Crippen LogP contribution < -0.4 is 5.32 Å². The topological polar surface area (TPSA) is 65.2 Å². The predicted octanol–water partition coefficient (Wildman–Crippen LogP) is 3.62. The molecule has 3 aromatic rings. The molecule has 0 aliphatic heterocycles. The van der Waals surface area contributed by atoms with Crippen LogP contribution in [0.25, 0.3) is 10.9 Å². The van der Waals surface area contributed by atoms with Gasteiger partial charge < -0.3 is 10.3 Å². The number of benzene rings is 2. The van der Waals surface area contributed by atoms with Gasteiger partial charge in [-0.25, -0.2) is 0 Å². The monoisotopic (exact) mass is 349 g/mol. The van der Waals surface area contributed by atoms with Crippen molar-refractivity contribution in [2.75, 3.05) is 18.9 Å². The molecule has 0 radical (unpaired) electrons. The number of Topliss-reactive ketones (excluding diaryl/α,β-unsaturated/α-hetero) is 1. The van der Waals surface area contributed by atoms with Crippen molar-refractivity contribution in [3.05, 3.63) is 65.9 Å². The van der Waals surface area contributed by atoms with Crippen molar-refractivity contribution in [3.63, 3.8) is 0 Å². The van der Waals surface area contributed by atoms with E-state index in [0.29, 0.717) is 5.56 Å². The number of nitrogens with one attached hydrogen (secondary N) is 2. The Bertz CT molecular complexity index is 928. The highest BCUT2D eigenvalue weighted by Crippen LogP contribution is 2.20. The first-order valence-electron chi connectivity index (χ1n) is 8.63. The Kier molecular flexibility index (Phi) is 5.19. The lowest BCUT2D eigenvalue weighted by molar-refractivity contribution is -0.117. The van der Waals surface area contributed by atoms with E-state index < -0.39 is 6.04 Å². The third kappa shape index (κ3) is 3.83. The Balaban J connectivity index is 1.65. The van der Waals surface area contributed by atoms with E-state index in [4.69, 9.17) is 0 Å². The molecule has 0 aliphatic rings. The summed E-state index contributed by atoms with van der Waals surface area (Å²) in [5, 5.41) is 3.76. The first-order chi connectivity index (χ1) is 12.5. The van der Waals surface area contributed by atoms with Crippen LogP contribution in [0.1, 0.15) is 22.8 Å². The van der Waals surface area contributed by atoms with E-state index in [1.54, 1.807) is 18.1 Å². The fourth-order valence-electron chi connectivity index (χ4n) is 2.90. The van der Waals surface area contributed by atoms with E-state index >= 15 is 0 Å². The van der Waals surface area contributed by atoms with Gasteiger partial charge in [0, 0.05) is 28.4 Å². The number of likely N-dealkylation sites (N-methyl/N-ethyl adjacent to an activating group) is 1. The molecule has 0 bridgehead atoms. The summed E-state index contributed by atoms with van der Waals surface area (Å²) in [4.78, 5) is 30.0. The molecular weight excluding hydrogens is 326 g/mol. The molecular formula is C21H23N3O2. The van der Waals surface area contributed by atoms with Crippen LogP contribution in [0, 0.1) is 6.92 Å². The second-order valence-corrected chi connectivity index (χ2v) is 6.62. The lowest BCUT2D eigenvalue weighted by Crippen LogP contribution is -2.40. The third-order valence-electron chi connectivity index (χ3n) is 4.62. The zero-order chi connectivity index (χ0) is 18.7. The van der Waals surface area contributed by atoms with Gasteiger partial charge in [-0.05, 0) is 39.1 Å². The molecule has 0 spiro atoms. The smallest absolute Gasteiger partial charge is 0.238 e. The van der Waals surface area contributed by atoms with Crippen molar-refractivity contribution in [2.24, 2.45) is 0 Å². The second kappa shape index (κ2) is 7.54. The summed E-state index contributed by atoms with van der Waals surface area (Å²) < 4.78 is 0. The minimum Gasteiger partial charge on any atom is -0.360 e. The van der Waals surface area contributed by atoms with Gasteiger partial charge in [-0.3, -0.25) is 14.5 Å². The highest BCUT2D eigenvalue weighted by molar-refractivity contribution is 6.10. The number of hydrogen-bond donors (Lipinski definition) is 2. The molecule has 2 aromatic carbocycles. The minimum absolute atomic E-state index is 0.00640. The molecule has 0 unspecified atom stereocenters. The Hall–Kier alpha value is -2.92. The summed E-state index contributed by atoms with van der Waals surface area (Å²) >= 11 is 0. The van der Waals surface area contributed by atoms with Crippen LogP contribution in [-0.4, -0.2) is 41.2 Å². The van der Waals surface area contributed by atoms with Crippen molar-refractivity contribution in [3.8, 4) is 0 Å². The van der Waals surface area contributed by atoms with E-state index in [9.17, 15) is 9.59 Å². The Morgan fingerprint density at radius 2 is 1.81 bits per heavy atom. The quantitative estimate of drug-likeness (QED) is 0.668. The van der Waals surface area contributed by atoms with Gasteiger partial charge in [0.2, 0.25) is 5.91 Å². The van der Waals surface area contributed by atoms with E-state index in [-0.39, 0.29) is 18.2 Å². The Labute approximate surface area is 153 Å². The van der Waals surface area contributed by atoms with Crippen molar-refractivity contribution in [1.82, 2.24) is 9.88 Å². The van der Waals surface area contributed by atoms with Gasteiger partial charge in [0.25, 0.3) is 0 Å². The summed E-state index contributed by atoms with van der Waals surface area (Å²) in [6.07, 6.45) is 1.74. The fourth-order valence-corrected chi connectivity index (χ4v) is 2.90. The first-order valence-corrected chi connectivity index (χ1v) is 8.63. The summed E-state index contributed by atoms with van der Waals surface area (Å²) in [5.74, 6) is -0.150. The lowest BCUT2D eigenvalue weighted by Gasteiger charge is -2.22. The highest BCUT2D eigenvalue weighted by atomic mass is 16.2. The molecule has 26 heavy (non-hydrogen) atoms. The van der Waals surface area contributed by atoms with Gasteiger partial charge in [0.15, 0.2) is 5.78 Å². The zero-order valence-electron chi connectivity index (χ0n) is 15.2. The average molecular weight is 349 g/mol. The third-order valence-corrected chi connectivity index (χ3v) is 4.62. The number of hydrogen-bond acceptors (Lipinski definition) is 3. The molecule has 5 nitrogen and oxygen atoms in total. The van der Waals surface area contributed by atoms with Gasteiger partial charge in [0.1, 0.15) is 0 Å². The maximum atomic E-state index is 12.8.